The van der Waals surface area contributed by atoms with Gasteiger partial charge in [0.05, 0.1) is 19.4 Å². The van der Waals surface area contributed by atoms with Crippen molar-refractivity contribution in [1.82, 2.24) is 14.7 Å². The van der Waals surface area contributed by atoms with Gasteiger partial charge in [0.15, 0.2) is 0 Å². The van der Waals surface area contributed by atoms with Gasteiger partial charge in [-0.1, -0.05) is 12.1 Å². The maximum atomic E-state index is 5.69. The van der Waals surface area contributed by atoms with Crippen LogP contribution in [0.4, 0.5) is 0 Å². The summed E-state index contributed by atoms with van der Waals surface area (Å²) in [7, 11) is 3.68. The third-order valence-corrected chi connectivity index (χ3v) is 4.32. The Morgan fingerprint density at radius 2 is 2.04 bits per heavy atom. The number of hydrogen-bond donors (Lipinski definition) is 0. The Balaban J connectivity index is 1.73. The van der Waals surface area contributed by atoms with E-state index in [9.17, 15) is 0 Å². The quantitative estimate of drug-likeness (QED) is 0.821. The van der Waals surface area contributed by atoms with E-state index in [0.29, 0.717) is 5.92 Å². The summed E-state index contributed by atoms with van der Waals surface area (Å²) in [4.78, 5) is 2.45. The molecule has 0 radical (unpaired) electrons. The second-order valence-electron chi connectivity index (χ2n) is 6.08. The average molecular weight is 315 g/mol. The number of hydrogen-bond acceptors (Lipinski definition) is 4. The van der Waals surface area contributed by atoms with E-state index in [4.69, 9.17) is 9.47 Å². The molecule has 124 valence electrons. The lowest BCUT2D eigenvalue weighted by atomic mass is 9.95. The first-order valence-corrected chi connectivity index (χ1v) is 8.15. The minimum absolute atomic E-state index is 0.394. The molecule has 1 aliphatic rings. The van der Waals surface area contributed by atoms with Gasteiger partial charge in [0.25, 0.3) is 0 Å². The highest BCUT2D eigenvalue weighted by Crippen LogP contribution is 2.29. The molecule has 0 spiro atoms. The largest absolute Gasteiger partial charge is 0.497 e. The van der Waals surface area contributed by atoms with Gasteiger partial charge in [-0.05, 0) is 24.6 Å². The van der Waals surface area contributed by atoms with Crippen LogP contribution in [0.25, 0.3) is 0 Å². The van der Waals surface area contributed by atoms with Crippen LogP contribution in [0.2, 0.25) is 0 Å². The lowest BCUT2D eigenvalue weighted by Gasteiger charge is -2.32. The number of methoxy groups -OCH3 is 1. The van der Waals surface area contributed by atoms with Gasteiger partial charge < -0.3 is 9.47 Å². The molecule has 0 N–H and O–H groups in total. The highest BCUT2D eigenvalue weighted by Gasteiger charge is 2.28. The summed E-state index contributed by atoms with van der Waals surface area (Å²) in [6.45, 7) is 6.37. The molecule has 23 heavy (non-hydrogen) atoms. The lowest BCUT2D eigenvalue weighted by Crippen LogP contribution is -2.34. The molecule has 0 unspecified atom stereocenters. The highest BCUT2D eigenvalue weighted by molar-refractivity contribution is 5.29. The zero-order valence-electron chi connectivity index (χ0n) is 14.2. The Labute approximate surface area is 137 Å². The smallest absolute Gasteiger partial charge is 0.118 e. The van der Waals surface area contributed by atoms with Gasteiger partial charge >= 0.3 is 0 Å². The fraction of sp³-hybridized carbons (Fsp3) is 0.500. The van der Waals surface area contributed by atoms with Crippen LogP contribution < -0.4 is 4.74 Å². The molecule has 3 rings (SSSR count). The molecule has 5 nitrogen and oxygen atoms in total. The molecule has 1 aromatic carbocycles. The van der Waals surface area contributed by atoms with Gasteiger partial charge in [-0.25, -0.2) is 0 Å². The first-order chi connectivity index (χ1) is 11.2. The average Bonchev–Trinajstić information content (AvgIpc) is 2.93. The summed E-state index contributed by atoms with van der Waals surface area (Å²) in [6.07, 6.45) is 2.14. The van der Waals surface area contributed by atoms with Crippen LogP contribution in [0.5, 0.6) is 5.75 Å². The van der Waals surface area contributed by atoms with E-state index >= 15 is 0 Å². The molecular weight excluding hydrogens is 290 g/mol. The van der Waals surface area contributed by atoms with Gasteiger partial charge in [-0.3, -0.25) is 9.58 Å². The van der Waals surface area contributed by atoms with Gasteiger partial charge in [0, 0.05) is 51.0 Å². The number of fused-ring (bicyclic) bond motifs is 1. The first-order valence-electron chi connectivity index (χ1n) is 8.15. The second kappa shape index (κ2) is 7.15. The number of aromatic nitrogens is 2. The predicted molar refractivity (Wildman–Crippen MR) is 89.6 cm³/mol. The van der Waals surface area contributed by atoms with Crippen molar-refractivity contribution in [3.63, 3.8) is 0 Å². The molecule has 0 saturated heterocycles. The van der Waals surface area contributed by atoms with Gasteiger partial charge in [-0.15, -0.1) is 0 Å². The molecule has 0 saturated carbocycles. The van der Waals surface area contributed by atoms with Crippen LogP contribution >= 0.6 is 0 Å². The monoisotopic (exact) mass is 315 g/mol. The molecule has 1 atom stereocenters. The topological polar surface area (TPSA) is 39.5 Å². The van der Waals surface area contributed by atoms with Crippen molar-refractivity contribution in [3.8, 4) is 5.75 Å². The SMILES string of the molecule is CCOC[C@H]1CN(Cc2ccc(OC)cc2)Cc2nn(C)cc21. The minimum atomic E-state index is 0.394. The van der Waals surface area contributed by atoms with Gasteiger partial charge in [0.2, 0.25) is 0 Å². The summed E-state index contributed by atoms with van der Waals surface area (Å²) in [5.41, 5.74) is 3.81. The Morgan fingerprint density at radius 1 is 1.26 bits per heavy atom. The van der Waals surface area contributed by atoms with E-state index in [2.05, 4.69) is 28.3 Å². The summed E-state index contributed by atoms with van der Waals surface area (Å²) in [6, 6.07) is 8.29. The molecule has 1 aliphatic heterocycles. The number of rotatable bonds is 6. The Kier molecular flexibility index (Phi) is 4.98. The Hall–Kier alpha value is -1.85. The molecule has 2 aromatic rings. The second-order valence-corrected chi connectivity index (χ2v) is 6.08. The molecule has 0 bridgehead atoms. The fourth-order valence-electron chi connectivity index (χ4n) is 3.22. The Bertz CT molecular complexity index is 636. The zero-order valence-corrected chi connectivity index (χ0v) is 14.2. The third kappa shape index (κ3) is 3.74. The Morgan fingerprint density at radius 3 is 2.74 bits per heavy atom. The predicted octanol–water partition coefficient (Wildman–Crippen LogP) is 2.56. The van der Waals surface area contributed by atoms with Crippen LogP contribution in [0.15, 0.2) is 30.5 Å². The van der Waals surface area contributed by atoms with Crippen LogP contribution in [0.1, 0.15) is 29.7 Å². The van der Waals surface area contributed by atoms with E-state index < -0.39 is 0 Å². The van der Waals surface area contributed by atoms with Crippen LogP contribution in [0.3, 0.4) is 0 Å². The molecule has 2 heterocycles. The van der Waals surface area contributed by atoms with E-state index in [1.807, 2.05) is 30.8 Å². The van der Waals surface area contributed by atoms with Crippen molar-refractivity contribution in [2.24, 2.45) is 7.05 Å². The molecular formula is C18H25N3O2. The molecule has 0 amide bonds. The fourth-order valence-corrected chi connectivity index (χ4v) is 3.22. The molecule has 1 aromatic heterocycles. The van der Waals surface area contributed by atoms with E-state index in [-0.39, 0.29) is 0 Å². The third-order valence-electron chi connectivity index (χ3n) is 4.32. The summed E-state index contributed by atoms with van der Waals surface area (Å²) in [5.74, 6) is 1.29. The van der Waals surface area contributed by atoms with Crippen LogP contribution in [-0.4, -0.2) is 41.5 Å². The molecule has 0 aliphatic carbocycles. The number of nitrogens with zero attached hydrogens (tertiary/aromatic N) is 3. The van der Waals surface area contributed by atoms with Crippen molar-refractivity contribution >= 4 is 0 Å². The van der Waals surface area contributed by atoms with Gasteiger partial charge in [0.1, 0.15) is 5.75 Å². The number of ether oxygens (including phenoxy) is 2. The van der Waals surface area contributed by atoms with Crippen molar-refractivity contribution in [2.45, 2.75) is 25.9 Å². The summed E-state index contributed by atoms with van der Waals surface area (Å²) in [5, 5.41) is 4.63. The van der Waals surface area contributed by atoms with Crippen molar-refractivity contribution in [3.05, 3.63) is 47.3 Å². The van der Waals surface area contributed by atoms with Crippen molar-refractivity contribution < 1.29 is 9.47 Å². The standard InChI is InChI=1S/C18H25N3O2/c1-4-23-13-15-10-21(12-18-17(15)11-20(2)19-18)9-14-5-7-16(22-3)8-6-14/h5-8,11,15H,4,9-10,12-13H2,1-3H3/t15-/m1/s1. The van der Waals surface area contributed by atoms with Crippen molar-refractivity contribution in [2.75, 3.05) is 26.9 Å². The first kappa shape index (κ1) is 16.0. The summed E-state index contributed by atoms with van der Waals surface area (Å²) >= 11 is 0. The lowest BCUT2D eigenvalue weighted by molar-refractivity contribution is 0.105. The molecule has 0 fully saturated rings. The zero-order chi connectivity index (χ0) is 16.2. The maximum absolute atomic E-state index is 5.69. The number of benzene rings is 1. The normalized spacial score (nSPS) is 18.0. The molecule has 5 heteroatoms. The maximum Gasteiger partial charge on any atom is 0.118 e. The summed E-state index contributed by atoms with van der Waals surface area (Å²) < 4.78 is 12.8. The van der Waals surface area contributed by atoms with E-state index in [1.54, 1.807) is 7.11 Å². The highest BCUT2D eigenvalue weighted by atomic mass is 16.5. The van der Waals surface area contributed by atoms with Crippen LogP contribution in [0, 0.1) is 0 Å². The van der Waals surface area contributed by atoms with Crippen molar-refractivity contribution in [1.29, 1.82) is 0 Å². The number of aryl methyl sites for hydroxylation is 1. The van der Waals surface area contributed by atoms with Gasteiger partial charge in [-0.2, -0.15) is 5.10 Å². The van der Waals surface area contributed by atoms with E-state index in [1.165, 1.54) is 16.8 Å². The minimum Gasteiger partial charge on any atom is -0.497 e. The van der Waals surface area contributed by atoms with E-state index in [0.717, 1.165) is 38.6 Å². The van der Waals surface area contributed by atoms with Crippen LogP contribution in [-0.2, 0) is 24.9 Å².